The molecule has 0 radical (unpaired) electrons. The SMILES string of the molecule is COc1cc(C2C(C(=O)Nc3cccc(C)c3)=C(C)Nc3nnnn32)cc(Br)c1OCc1ccc(C)cc1. The molecule has 1 aliphatic heterocycles. The van der Waals surface area contributed by atoms with Crippen molar-refractivity contribution in [2.45, 2.75) is 33.4 Å². The lowest BCUT2D eigenvalue weighted by Crippen LogP contribution is -2.31. The molecule has 1 aromatic heterocycles. The van der Waals surface area contributed by atoms with Crippen LogP contribution in [0, 0.1) is 13.8 Å². The lowest BCUT2D eigenvalue weighted by atomic mass is 9.94. The summed E-state index contributed by atoms with van der Waals surface area (Å²) in [5, 5.41) is 18.3. The van der Waals surface area contributed by atoms with Crippen LogP contribution in [0.25, 0.3) is 0 Å². The molecule has 1 unspecified atom stereocenters. The zero-order valence-electron chi connectivity index (χ0n) is 21.4. The number of hydrogen-bond donors (Lipinski definition) is 2. The molecule has 2 heterocycles. The predicted octanol–water partition coefficient (Wildman–Crippen LogP) is 5.57. The summed E-state index contributed by atoms with van der Waals surface area (Å²) in [5.74, 6) is 1.26. The minimum absolute atomic E-state index is 0.262. The van der Waals surface area contributed by atoms with Gasteiger partial charge < -0.3 is 20.1 Å². The fourth-order valence-corrected chi connectivity index (χ4v) is 4.99. The van der Waals surface area contributed by atoms with E-state index in [4.69, 9.17) is 9.47 Å². The number of ether oxygens (including phenoxy) is 2. The molecule has 0 bridgehead atoms. The Labute approximate surface area is 229 Å². The highest BCUT2D eigenvalue weighted by Gasteiger charge is 2.35. The van der Waals surface area contributed by atoms with E-state index in [9.17, 15) is 4.79 Å². The van der Waals surface area contributed by atoms with Crippen molar-refractivity contribution in [1.29, 1.82) is 0 Å². The third-order valence-electron chi connectivity index (χ3n) is 6.31. The largest absolute Gasteiger partial charge is 0.493 e. The number of nitrogens with zero attached hydrogens (tertiary/aromatic N) is 4. The van der Waals surface area contributed by atoms with Gasteiger partial charge in [-0.1, -0.05) is 47.1 Å². The number of rotatable bonds is 7. The number of aryl methyl sites for hydroxylation is 2. The van der Waals surface area contributed by atoms with E-state index in [1.807, 2.05) is 81.4 Å². The van der Waals surface area contributed by atoms with Gasteiger partial charge in [-0.05, 0) is 88.1 Å². The van der Waals surface area contributed by atoms with E-state index in [0.717, 1.165) is 16.7 Å². The summed E-state index contributed by atoms with van der Waals surface area (Å²) in [7, 11) is 1.58. The van der Waals surface area contributed by atoms with Crippen molar-refractivity contribution in [2.75, 3.05) is 17.7 Å². The Bertz CT molecular complexity index is 1530. The number of hydrogen-bond acceptors (Lipinski definition) is 7. The molecule has 1 atom stereocenters. The number of amides is 1. The smallest absolute Gasteiger partial charge is 0.255 e. The van der Waals surface area contributed by atoms with Gasteiger partial charge in [0.2, 0.25) is 5.95 Å². The fourth-order valence-electron chi connectivity index (χ4n) is 4.41. The average molecular weight is 575 g/mol. The van der Waals surface area contributed by atoms with E-state index in [2.05, 4.69) is 42.1 Å². The second kappa shape index (κ2) is 10.7. The van der Waals surface area contributed by atoms with E-state index >= 15 is 0 Å². The van der Waals surface area contributed by atoms with E-state index in [1.54, 1.807) is 11.8 Å². The maximum Gasteiger partial charge on any atom is 0.255 e. The number of methoxy groups -OCH3 is 1. The number of halogens is 1. The van der Waals surface area contributed by atoms with Crippen molar-refractivity contribution in [3.8, 4) is 11.5 Å². The Kier molecular flexibility index (Phi) is 7.15. The van der Waals surface area contributed by atoms with Gasteiger partial charge in [0.25, 0.3) is 5.91 Å². The summed E-state index contributed by atoms with van der Waals surface area (Å²) in [6.45, 7) is 6.24. The van der Waals surface area contributed by atoms with Crippen molar-refractivity contribution in [2.24, 2.45) is 0 Å². The minimum atomic E-state index is -0.609. The van der Waals surface area contributed by atoms with Crippen molar-refractivity contribution in [3.63, 3.8) is 0 Å². The lowest BCUT2D eigenvalue weighted by Gasteiger charge is -2.28. The number of nitrogens with one attached hydrogen (secondary N) is 2. The van der Waals surface area contributed by atoms with Crippen LogP contribution in [0.5, 0.6) is 11.5 Å². The standard InChI is InChI=1S/C28H27BrN6O3/c1-16-8-10-19(11-9-16)15-38-26-22(29)13-20(14-23(26)37-4)25-24(18(3)30-28-32-33-34-35(25)28)27(36)31-21-7-5-6-17(2)12-21/h5-14,25H,15H2,1-4H3,(H,31,36)(H,30,32,34). The van der Waals surface area contributed by atoms with E-state index < -0.39 is 6.04 Å². The summed E-state index contributed by atoms with van der Waals surface area (Å²) < 4.78 is 14.1. The zero-order valence-corrected chi connectivity index (χ0v) is 23.0. The molecule has 0 saturated heterocycles. The summed E-state index contributed by atoms with van der Waals surface area (Å²) in [5.41, 5.74) is 5.86. The lowest BCUT2D eigenvalue weighted by molar-refractivity contribution is -0.113. The number of anilines is 2. The molecule has 1 aliphatic rings. The van der Waals surface area contributed by atoms with Crippen LogP contribution >= 0.6 is 15.9 Å². The second-order valence-corrected chi connectivity index (χ2v) is 10.00. The number of carbonyl (C=O) groups excluding carboxylic acids is 1. The van der Waals surface area contributed by atoms with E-state index in [-0.39, 0.29) is 5.91 Å². The third kappa shape index (κ3) is 5.12. The fraction of sp³-hybridized carbons (Fsp3) is 0.214. The molecule has 194 valence electrons. The number of fused-ring (bicyclic) bond motifs is 1. The Morgan fingerprint density at radius 1 is 1.08 bits per heavy atom. The predicted molar refractivity (Wildman–Crippen MR) is 148 cm³/mol. The van der Waals surface area contributed by atoms with Gasteiger partial charge in [0, 0.05) is 11.4 Å². The van der Waals surface area contributed by atoms with Crippen LogP contribution in [0.4, 0.5) is 11.6 Å². The number of aromatic nitrogens is 4. The number of benzene rings is 3. The number of carbonyl (C=O) groups is 1. The first-order valence-corrected chi connectivity index (χ1v) is 12.8. The van der Waals surface area contributed by atoms with E-state index in [1.165, 1.54) is 5.56 Å². The molecule has 0 fully saturated rings. The van der Waals surface area contributed by atoms with Gasteiger partial charge in [0.1, 0.15) is 12.6 Å². The van der Waals surface area contributed by atoms with Gasteiger partial charge in [-0.2, -0.15) is 4.68 Å². The van der Waals surface area contributed by atoms with Crippen LogP contribution in [-0.2, 0) is 11.4 Å². The minimum Gasteiger partial charge on any atom is -0.493 e. The van der Waals surface area contributed by atoms with Crippen LogP contribution in [0.1, 0.15) is 35.2 Å². The quantitative estimate of drug-likeness (QED) is 0.297. The monoisotopic (exact) mass is 574 g/mol. The maximum atomic E-state index is 13.6. The van der Waals surface area contributed by atoms with Crippen molar-refractivity contribution in [1.82, 2.24) is 20.2 Å². The van der Waals surface area contributed by atoms with E-state index in [0.29, 0.717) is 45.5 Å². The number of tetrazole rings is 1. The molecular formula is C28H27BrN6O3. The topological polar surface area (TPSA) is 103 Å². The highest BCUT2D eigenvalue weighted by Crippen LogP contribution is 2.43. The molecule has 0 saturated carbocycles. The molecule has 10 heteroatoms. The third-order valence-corrected chi connectivity index (χ3v) is 6.90. The Morgan fingerprint density at radius 2 is 1.87 bits per heavy atom. The zero-order chi connectivity index (χ0) is 26.8. The van der Waals surface area contributed by atoms with Gasteiger partial charge in [-0.3, -0.25) is 4.79 Å². The van der Waals surface area contributed by atoms with Crippen LogP contribution < -0.4 is 20.1 Å². The second-order valence-electron chi connectivity index (χ2n) is 9.15. The van der Waals surface area contributed by atoms with Crippen LogP contribution in [0.15, 0.2) is 76.4 Å². The summed E-state index contributed by atoms with van der Waals surface area (Å²) >= 11 is 3.66. The van der Waals surface area contributed by atoms with Gasteiger partial charge >= 0.3 is 0 Å². The molecule has 1 amide bonds. The Balaban J connectivity index is 1.51. The average Bonchev–Trinajstić information content (AvgIpc) is 3.35. The molecule has 9 nitrogen and oxygen atoms in total. The molecular weight excluding hydrogens is 548 g/mol. The molecule has 2 N–H and O–H groups in total. The van der Waals surface area contributed by atoms with Crippen molar-refractivity contribution >= 4 is 33.5 Å². The normalized spacial score (nSPS) is 14.5. The highest BCUT2D eigenvalue weighted by atomic mass is 79.9. The molecule has 5 rings (SSSR count). The van der Waals surface area contributed by atoms with Crippen LogP contribution in [0.3, 0.4) is 0 Å². The van der Waals surface area contributed by atoms with Crippen LogP contribution in [0.2, 0.25) is 0 Å². The molecule has 0 spiro atoms. The Morgan fingerprint density at radius 3 is 2.61 bits per heavy atom. The summed E-state index contributed by atoms with van der Waals surface area (Å²) in [4.78, 5) is 13.6. The summed E-state index contributed by atoms with van der Waals surface area (Å²) in [6, 6.07) is 19.0. The number of allylic oxidation sites excluding steroid dienone is 1. The first-order valence-electron chi connectivity index (χ1n) is 12.0. The molecule has 0 aliphatic carbocycles. The first kappa shape index (κ1) is 25.5. The molecule has 4 aromatic rings. The Hall–Kier alpha value is -4.18. The molecule has 38 heavy (non-hydrogen) atoms. The van der Waals surface area contributed by atoms with Crippen LogP contribution in [-0.4, -0.2) is 33.2 Å². The van der Waals surface area contributed by atoms with Gasteiger partial charge in [0.05, 0.1) is 17.2 Å². The maximum absolute atomic E-state index is 13.6. The highest BCUT2D eigenvalue weighted by molar-refractivity contribution is 9.10. The van der Waals surface area contributed by atoms with Crippen molar-refractivity contribution in [3.05, 3.63) is 98.7 Å². The van der Waals surface area contributed by atoms with Gasteiger partial charge in [-0.25, -0.2) is 0 Å². The molecule has 3 aromatic carbocycles. The van der Waals surface area contributed by atoms with Gasteiger partial charge in [0.15, 0.2) is 11.5 Å². The van der Waals surface area contributed by atoms with Gasteiger partial charge in [-0.15, -0.1) is 0 Å². The summed E-state index contributed by atoms with van der Waals surface area (Å²) in [6.07, 6.45) is 0. The van der Waals surface area contributed by atoms with Crippen molar-refractivity contribution < 1.29 is 14.3 Å². The first-order chi connectivity index (χ1) is 18.3.